The van der Waals surface area contributed by atoms with Crippen molar-refractivity contribution in [1.82, 2.24) is 14.0 Å². The van der Waals surface area contributed by atoms with Crippen LogP contribution in [0.4, 0.5) is 0 Å². The minimum atomic E-state index is -0.464. The zero-order chi connectivity index (χ0) is 19.6. The molecule has 6 nitrogen and oxygen atoms in total. The molecule has 1 aromatic carbocycles. The van der Waals surface area contributed by atoms with E-state index < -0.39 is 11.2 Å². The lowest BCUT2D eigenvalue weighted by atomic mass is 10.1. The number of benzene rings is 1. The summed E-state index contributed by atoms with van der Waals surface area (Å²) < 4.78 is 2.27. The molecule has 0 N–H and O–H groups in total. The van der Waals surface area contributed by atoms with Crippen LogP contribution >= 0.6 is 23.2 Å². The van der Waals surface area contributed by atoms with Crippen LogP contribution in [0.2, 0.25) is 10.0 Å². The lowest BCUT2D eigenvalue weighted by Crippen LogP contribution is -2.37. The van der Waals surface area contributed by atoms with Crippen molar-refractivity contribution in [2.75, 3.05) is 7.05 Å². The van der Waals surface area contributed by atoms with Crippen LogP contribution in [0.15, 0.2) is 40.1 Å². The van der Waals surface area contributed by atoms with E-state index in [1.807, 2.05) is 6.92 Å². The molecular formula is C18H19Cl2N3O3. The highest BCUT2D eigenvalue weighted by Gasteiger charge is 2.18. The molecule has 0 aliphatic rings. The number of hydrogen-bond donors (Lipinski definition) is 0. The smallest absolute Gasteiger partial charge is 0.330 e. The number of amides is 1. The number of halogens is 2. The first-order chi connectivity index (χ1) is 12.1. The van der Waals surface area contributed by atoms with Crippen molar-refractivity contribution >= 4 is 35.2 Å². The van der Waals surface area contributed by atoms with Gasteiger partial charge in [0.1, 0.15) is 0 Å². The van der Waals surface area contributed by atoms with Crippen LogP contribution in [0.5, 0.6) is 0 Å². The highest BCUT2D eigenvalue weighted by atomic mass is 35.5. The van der Waals surface area contributed by atoms with Gasteiger partial charge in [-0.2, -0.15) is 0 Å². The summed E-state index contributed by atoms with van der Waals surface area (Å²) in [6, 6.07) is 4.81. The number of aromatic nitrogens is 2. The molecule has 26 heavy (non-hydrogen) atoms. The molecule has 0 aliphatic heterocycles. The standard InChI is InChI=1S/C18H19Cl2N3O3/c1-11(14-7-6-13(19)9-15(14)20)22(3)16(24)8-5-12-10-21(2)18(26)23(4)17(12)25/h5-11H,1-4H3/b8-5+. The second-order valence-electron chi connectivity index (χ2n) is 5.97. The predicted molar refractivity (Wildman–Crippen MR) is 104 cm³/mol. The van der Waals surface area contributed by atoms with Gasteiger partial charge in [-0.25, -0.2) is 4.79 Å². The van der Waals surface area contributed by atoms with E-state index in [1.54, 1.807) is 25.2 Å². The molecule has 1 amide bonds. The number of aryl methyl sites for hydroxylation is 1. The fraction of sp³-hybridized carbons (Fsp3) is 0.278. The SMILES string of the molecule is CC(c1ccc(Cl)cc1Cl)N(C)C(=O)/C=C/c1cn(C)c(=O)n(C)c1=O. The topological polar surface area (TPSA) is 64.3 Å². The van der Waals surface area contributed by atoms with E-state index in [-0.39, 0.29) is 17.5 Å². The second-order valence-corrected chi connectivity index (χ2v) is 6.81. The third-order valence-corrected chi connectivity index (χ3v) is 4.78. The first kappa shape index (κ1) is 20.0. The fourth-order valence-corrected chi connectivity index (χ4v) is 3.04. The maximum absolute atomic E-state index is 12.5. The average molecular weight is 396 g/mol. The molecule has 2 rings (SSSR count). The third-order valence-electron chi connectivity index (χ3n) is 4.22. The Labute approximate surface area is 160 Å². The van der Waals surface area contributed by atoms with Gasteiger partial charge in [0.25, 0.3) is 5.56 Å². The Morgan fingerprint density at radius 2 is 1.88 bits per heavy atom. The summed E-state index contributed by atoms with van der Waals surface area (Å²) in [6.07, 6.45) is 4.09. The van der Waals surface area contributed by atoms with Crippen LogP contribution in [0, 0.1) is 0 Å². The first-order valence-electron chi connectivity index (χ1n) is 7.80. The fourth-order valence-electron chi connectivity index (χ4n) is 2.47. The molecule has 0 radical (unpaired) electrons. The van der Waals surface area contributed by atoms with Gasteiger partial charge in [-0.1, -0.05) is 29.3 Å². The number of carbonyl (C=O) groups excluding carboxylic acids is 1. The summed E-state index contributed by atoms with van der Waals surface area (Å²) >= 11 is 12.1. The molecule has 2 aromatic rings. The molecule has 0 fully saturated rings. The Kier molecular flexibility index (Phi) is 6.10. The minimum Gasteiger partial charge on any atom is -0.335 e. The van der Waals surface area contributed by atoms with Gasteiger partial charge in [-0.05, 0) is 30.7 Å². The quantitative estimate of drug-likeness (QED) is 0.747. The van der Waals surface area contributed by atoms with E-state index >= 15 is 0 Å². The number of rotatable bonds is 4. The van der Waals surface area contributed by atoms with Gasteiger partial charge >= 0.3 is 5.69 Å². The largest absolute Gasteiger partial charge is 0.335 e. The first-order valence-corrected chi connectivity index (χ1v) is 8.55. The summed E-state index contributed by atoms with van der Waals surface area (Å²) in [6.45, 7) is 1.84. The van der Waals surface area contributed by atoms with Crippen LogP contribution in [0.1, 0.15) is 24.1 Å². The van der Waals surface area contributed by atoms with Crippen molar-refractivity contribution in [3.8, 4) is 0 Å². The summed E-state index contributed by atoms with van der Waals surface area (Å²) in [5.41, 5.74) is 0.113. The van der Waals surface area contributed by atoms with Gasteiger partial charge in [0.05, 0.1) is 11.6 Å². The summed E-state index contributed by atoms with van der Waals surface area (Å²) in [5.74, 6) is -0.306. The highest BCUT2D eigenvalue weighted by Crippen LogP contribution is 2.29. The molecule has 0 saturated heterocycles. The molecule has 0 spiro atoms. The normalized spacial score (nSPS) is 12.4. The lowest BCUT2D eigenvalue weighted by molar-refractivity contribution is -0.126. The van der Waals surface area contributed by atoms with Gasteiger partial charge in [0.2, 0.25) is 5.91 Å². The Morgan fingerprint density at radius 3 is 2.50 bits per heavy atom. The molecule has 8 heteroatoms. The Hall–Kier alpha value is -2.31. The van der Waals surface area contributed by atoms with Gasteiger partial charge < -0.3 is 9.47 Å². The molecule has 0 bridgehead atoms. The average Bonchev–Trinajstić information content (AvgIpc) is 2.60. The molecule has 0 saturated carbocycles. The molecule has 1 atom stereocenters. The van der Waals surface area contributed by atoms with E-state index in [9.17, 15) is 14.4 Å². The van der Waals surface area contributed by atoms with Crippen molar-refractivity contribution in [3.05, 3.63) is 72.5 Å². The van der Waals surface area contributed by atoms with Gasteiger partial charge in [0.15, 0.2) is 0 Å². The van der Waals surface area contributed by atoms with Crippen LogP contribution < -0.4 is 11.2 Å². The van der Waals surface area contributed by atoms with Crippen molar-refractivity contribution < 1.29 is 4.79 Å². The highest BCUT2D eigenvalue weighted by molar-refractivity contribution is 6.35. The van der Waals surface area contributed by atoms with E-state index in [0.717, 1.165) is 10.1 Å². The van der Waals surface area contributed by atoms with Crippen molar-refractivity contribution in [2.45, 2.75) is 13.0 Å². The van der Waals surface area contributed by atoms with Crippen molar-refractivity contribution in [1.29, 1.82) is 0 Å². The van der Waals surface area contributed by atoms with Gasteiger partial charge in [-0.3, -0.25) is 14.2 Å². The van der Waals surface area contributed by atoms with E-state index in [4.69, 9.17) is 23.2 Å². The number of hydrogen-bond acceptors (Lipinski definition) is 3. The Morgan fingerprint density at radius 1 is 1.23 bits per heavy atom. The zero-order valence-electron chi connectivity index (χ0n) is 14.9. The zero-order valence-corrected chi connectivity index (χ0v) is 16.4. The van der Waals surface area contributed by atoms with Crippen molar-refractivity contribution in [2.24, 2.45) is 14.1 Å². The molecule has 1 aromatic heterocycles. The van der Waals surface area contributed by atoms with E-state index in [0.29, 0.717) is 10.0 Å². The second kappa shape index (κ2) is 7.93. The third kappa shape index (κ3) is 4.08. The number of likely N-dealkylation sites (N-methyl/N-ethyl adjacent to an activating group) is 1. The maximum Gasteiger partial charge on any atom is 0.330 e. The molecule has 1 unspecified atom stereocenters. The van der Waals surface area contributed by atoms with E-state index in [2.05, 4.69) is 0 Å². The molecule has 0 aliphatic carbocycles. The van der Waals surface area contributed by atoms with Crippen LogP contribution in [-0.4, -0.2) is 27.0 Å². The number of nitrogens with zero attached hydrogens (tertiary/aromatic N) is 3. The van der Waals surface area contributed by atoms with Crippen LogP contribution in [0.3, 0.4) is 0 Å². The van der Waals surface area contributed by atoms with Gasteiger partial charge in [0, 0.05) is 43.5 Å². The number of carbonyl (C=O) groups is 1. The van der Waals surface area contributed by atoms with E-state index in [1.165, 1.54) is 41.9 Å². The summed E-state index contributed by atoms with van der Waals surface area (Å²) in [5, 5.41) is 0.992. The van der Waals surface area contributed by atoms with Crippen molar-refractivity contribution in [3.63, 3.8) is 0 Å². The predicted octanol–water partition coefficient (Wildman–Crippen LogP) is 2.62. The Bertz CT molecular complexity index is 992. The van der Waals surface area contributed by atoms with Crippen LogP contribution in [-0.2, 0) is 18.9 Å². The lowest BCUT2D eigenvalue weighted by Gasteiger charge is -2.25. The summed E-state index contributed by atoms with van der Waals surface area (Å²) in [7, 11) is 4.57. The monoisotopic (exact) mass is 395 g/mol. The maximum atomic E-state index is 12.5. The van der Waals surface area contributed by atoms with Gasteiger partial charge in [-0.15, -0.1) is 0 Å². The molecule has 138 valence electrons. The summed E-state index contributed by atoms with van der Waals surface area (Å²) in [4.78, 5) is 37.7. The Balaban J connectivity index is 2.25. The molecular weight excluding hydrogens is 377 g/mol. The molecule has 1 heterocycles. The minimum absolute atomic E-state index is 0.244. The van der Waals surface area contributed by atoms with Crippen LogP contribution in [0.25, 0.3) is 6.08 Å².